The van der Waals surface area contributed by atoms with E-state index in [2.05, 4.69) is 21.7 Å². The van der Waals surface area contributed by atoms with Gasteiger partial charge in [0.25, 0.3) is 5.91 Å². The lowest BCUT2D eigenvalue weighted by atomic mass is 9.98. The SMILES string of the molecule is COc1cccc(-c2cccc(CNCCC3CN(c4ccc5c(n4)NC(=O)CO5)C(=O)O3)c2)c1C#N. The molecule has 1 saturated heterocycles. The van der Waals surface area contributed by atoms with Crippen LogP contribution in [0.5, 0.6) is 11.5 Å². The minimum atomic E-state index is -0.472. The van der Waals surface area contributed by atoms with Crippen molar-refractivity contribution in [3.63, 3.8) is 0 Å². The van der Waals surface area contributed by atoms with Crippen molar-refractivity contribution >= 4 is 23.6 Å². The molecule has 2 aliphatic heterocycles. The van der Waals surface area contributed by atoms with Crippen LogP contribution < -0.4 is 25.0 Å². The number of amides is 2. The van der Waals surface area contributed by atoms with E-state index < -0.39 is 6.09 Å². The van der Waals surface area contributed by atoms with Gasteiger partial charge in [0.1, 0.15) is 29.3 Å². The summed E-state index contributed by atoms with van der Waals surface area (Å²) in [5.74, 6) is 1.42. The summed E-state index contributed by atoms with van der Waals surface area (Å²) in [4.78, 5) is 29.8. The number of nitriles is 1. The van der Waals surface area contributed by atoms with Gasteiger partial charge in [-0.3, -0.25) is 9.69 Å². The van der Waals surface area contributed by atoms with E-state index in [0.717, 1.165) is 16.7 Å². The summed E-state index contributed by atoms with van der Waals surface area (Å²) in [5, 5.41) is 15.6. The van der Waals surface area contributed by atoms with Gasteiger partial charge in [-0.15, -0.1) is 0 Å². The summed E-state index contributed by atoms with van der Waals surface area (Å²) >= 11 is 0. The Kier molecular flexibility index (Phi) is 6.87. The fourth-order valence-electron chi connectivity index (χ4n) is 4.36. The highest BCUT2D eigenvalue weighted by molar-refractivity contribution is 5.95. The van der Waals surface area contributed by atoms with Crippen LogP contribution in [0.3, 0.4) is 0 Å². The maximum Gasteiger partial charge on any atom is 0.415 e. The fraction of sp³-hybridized carbons (Fsp3) is 0.259. The Morgan fingerprint density at radius 1 is 1.22 bits per heavy atom. The number of hydrogen-bond acceptors (Lipinski definition) is 8. The van der Waals surface area contributed by atoms with Gasteiger partial charge in [-0.25, -0.2) is 9.78 Å². The molecule has 3 heterocycles. The Morgan fingerprint density at radius 2 is 2.08 bits per heavy atom. The monoisotopic (exact) mass is 499 g/mol. The highest BCUT2D eigenvalue weighted by atomic mass is 16.6. The average molecular weight is 500 g/mol. The maximum atomic E-state index is 12.4. The Labute approximate surface area is 213 Å². The molecule has 1 fully saturated rings. The fourth-order valence-corrected chi connectivity index (χ4v) is 4.36. The van der Waals surface area contributed by atoms with Crippen LogP contribution in [0, 0.1) is 11.3 Å². The summed E-state index contributed by atoms with van der Waals surface area (Å²) in [6, 6.07) is 19.1. The van der Waals surface area contributed by atoms with Gasteiger partial charge in [-0.05, 0) is 48.4 Å². The summed E-state index contributed by atoms with van der Waals surface area (Å²) in [6.07, 6.45) is -0.133. The number of carbonyl (C=O) groups excluding carboxylic acids is 2. The first kappa shape index (κ1) is 24.1. The van der Waals surface area contributed by atoms with Gasteiger partial charge in [0.05, 0.1) is 13.7 Å². The van der Waals surface area contributed by atoms with Gasteiger partial charge in [-0.2, -0.15) is 5.26 Å². The number of fused-ring (bicyclic) bond motifs is 1. The molecule has 0 saturated carbocycles. The third-order valence-electron chi connectivity index (χ3n) is 6.18. The summed E-state index contributed by atoms with van der Waals surface area (Å²) in [7, 11) is 1.55. The Bertz CT molecular complexity index is 1390. The molecule has 0 radical (unpaired) electrons. The van der Waals surface area contributed by atoms with Crippen LogP contribution >= 0.6 is 0 Å². The molecule has 3 aromatic rings. The summed E-state index contributed by atoms with van der Waals surface area (Å²) in [5.41, 5.74) is 3.33. The number of pyridine rings is 1. The predicted octanol–water partition coefficient (Wildman–Crippen LogP) is 3.46. The van der Waals surface area contributed by atoms with Crippen LogP contribution in [0.2, 0.25) is 0 Å². The molecule has 2 aromatic carbocycles. The second kappa shape index (κ2) is 10.6. The van der Waals surface area contributed by atoms with E-state index in [1.807, 2.05) is 36.4 Å². The number of nitrogens with one attached hydrogen (secondary N) is 2. The lowest BCUT2D eigenvalue weighted by Crippen LogP contribution is -2.29. The zero-order valence-corrected chi connectivity index (χ0v) is 20.2. The number of hydrogen-bond donors (Lipinski definition) is 2. The molecule has 188 valence electrons. The van der Waals surface area contributed by atoms with Gasteiger partial charge in [-0.1, -0.05) is 30.3 Å². The van der Waals surface area contributed by atoms with E-state index in [1.54, 1.807) is 25.3 Å². The van der Waals surface area contributed by atoms with E-state index in [1.165, 1.54) is 4.90 Å². The summed E-state index contributed by atoms with van der Waals surface area (Å²) in [6.45, 7) is 1.57. The first-order valence-electron chi connectivity index (χ1n) is 11.8. The smallest absolute Gasteiger partial charge is 0.415 e. The minimum Gasteiger partial charge on any atom is -0.495 e. The second-order valence-electron chi connectivity index (χ2n) is 8.63. The van der Waals surface area contributed by atoms with E-state index in [9.17, 15) is 14.9 Å². The van der Waals surface area contributed by atoms with Crippen LogP contribution in [0.4, 0.5) is 16.4 Å². The highest BCUT2D eigenvalue weighted by Crippen LogP contribution is 2.31. The van der Waals surface area contributed by atoms with Crippen molar-refractivity contribution in [3.05, 3.63) is 65.7 Å². The van der Waals surface area contributed by atoms with Crippen molar-refractivity contribution in [1.29, 1.82) is 5.26 Å². The lowest BCUT2D eigenvalue weighted by molar-refractivity contribution is -0.118. The standard InChI is InChI=1S/C27H25N5O5/c1-35-22-7-3-6-20(21(22)13-28)18-5-2-4-17(12-18)14-29-11-10-19-15-32(27(34)37-19)24-9-8-23-26(30-24)31-25(33)16-36-23/h2-9,12,19,29H,10-11,14-16H2,1H3,(H,30,31,33). The number of nitrogens with zero attached hydrogens (tertiary/aromatic N) is 3. The molecule has 2 amide bonds. The molecular weight excluding hydrogens is 474 g/mol. The van der Waals surface area contributed by atoms with Crippen LogP contribution in [0.1, 0.15) is 17.5 Å². The van der Waals surface area contributed by atoms with Crippen molar-refractivity contribution in [2.45, 2.75) is 19.1 Å². The van der Waals surface area contributed by atoms with Crippen molar-refractivity contribution in [1.82, 2.24) is 10.3 Å². The molecule has 5 rings (SSSR count). The number of anilines is 2. The molecule has 37 heavy (non-hydrogen) atoms. The first-order chi connectivity index (χ1) is 18.1. The number of aromatic nitrogens is 1. The molecule has 10 heteroatoms. The minimum absolute atomic E-state index is 0.0545. The largest absolute Gasteiger partial charge is 0.495 e. The van der Waals surface area contributed by atoms with Gasteiger partial charge in [0.15, 0.2) is 18.2 Å². The van der Waals surface area contributed by atoms with Crippen LogP contribution in [-0.2, 0) is 16.1 Å². The normalized spacial score (nSPS) is 16.3. The van der Waals surface area contributed by atoms with E-state index in [0.29, 0.717) is 54.8 Å². The van der Waals surface area contributed by atoms with E-state index in [-0.39, 0.29) is 18.6 Å². The number of cyclic esters (lactones) is 1. The van der Waals surface area contributed by atoms with Gasteiger partial charge < -0.3 is 24.8 Å². The second-order valence-corrected chi connectivity index (χ2v) is 8.63. The highest BCUT2D eigenvalue weighted by Gasteiger charge is 2.33. The molecule has 2 N–H and O–H groups in total. The van der Waals surface area contributed by atoms with Crippen molar-refractivity contribution in [3.8, 4) is 28.7 Å². The number of rotatable bonds is 8. The number of ether oxygens (including phenoxy) is 3. The molecule has 2 aliphatic rings. The van der Waals surface area contributed by atoms with Gasteiger partial charge in [0, 0.05) is 12.1 Å². The van der Waals surface area contributed by atoms with E-state index >= 15 is 0 Å². The molecular formula is C27H25N5O5. The lowest BCUT2D eigenvalue weighted by Gasteiger charge is -2.19. The number of methoxy groups -OCH3 is 1. The zero-order chi connectivity index (χ0) is 25.8. The Balaban J connectivity index is 1.16. The van der Waals surface area contributed by atoms with Crippen LogP contribution in [-0.4, -0.2) is 49.9 Å². The molecule has 0 bridgehead atoms. The van der Waals surface area contributed by atoms with Crippen molar-refractivity contribution < 1.29 is 23.8 Å². The third-order valence-corrected chi connectivity index (χ3v) is 6.18. The Morgan fingerprint density at radius 3 is 2.92 bits per heavy atom. The number of benzene rings is 2. The molecule has 0 spiro atoms. The quantitative estimate of drug-likeness (QED) is 0.452. The summed E-state index contributed by atoms with van der Waals surface area (Å²) < 4.78 is 16.2. The molecule has 10 nitrogen and oxygen atoms in total. The first-order valence-corrected chi connectivity index (χ1v) is 11.8. The van der Waals surface area contributed by atoms with Gasteiger partial charge >= 0.3 is 6.09 Å². The molecule has 1 atom stereocenters. The molecule has 0 aliphatic carbocycles. The third kappa shape index (κ3) is 5.17. The van der Waals surface area contributed by atoms with Crippen molar-refractivity contribution in [2.24, 2.45) is 0 Å². The Hall–Kier alpha value is -4.62. The molecule has 1 unspecified atom stereocenters. The van der Waals surface area contributed by atoms with Gasteiger partial charge in [0.2, 0.25) is 0 Å². The van der Waals surface area contributed by atoms with E-state index in [4.69, 9.17) is 14.2 Å². The topological polar surface area (TPSA) is 126 Å². The van der Waals surface area contributed by atoms with Crippen LogP contribution in [0.15, 0.2) is 54.6 Å². The van der Waals surface area contributed by atoms with Crippen molar-refractivity contribution in [2.75, 3.05) is 37.0 Å². The molecule has 1 aromatic heterocycles. The van der Waals surface area contributed by atoms with Crippen LogP contribution in [0.25, 0.3) is 11.1 Å². The number of carbonyl (C=O) groups is 2. The predicted molar refractivity (Wildman–Crippen MR) is 135 cm³/mol. The zero-order valence-electron chi connectivity index (χ0n) is 20.2. The maximum absolute atomic E-state index is 12.4. The average Bonchev–Trinajstić information content (AvgIpc) is 3.30.